The number of carbonyl (C=O) groups excluding carboxylic acids is 2. The Hall–Kier alpha value is -2.69. The van der Waals surface area contributed by atoms with Crippen molar-refractivity contribution in [3.8, 4) is 0 Å². The van der Waals surface area contributed by atoms with Crippen molar-refractivity contribution in [3.63, 3.8) is 0 Å². The summed E-state index contributed by atoms with van der Waals surface area (Å²) in [6.07, 6.45) is 1.94. The number of unbranched alkanes of at least 4 members (excludes halogenated alkanes) is 1. The van der Waals surface area contributed by atoms with Gasteiger partial charge in [-0.3, -0.25) is 0 Å². The maximum Gasteiger partial charge on any atom is 0.339 e. The molecule has 0 atom stereocenters. The van der Waals surface area contributed by atoms with E-state index in [1.807, 2.05) is 6.92 Å². The molecule has 0 saturated carbocycles. The van der Waals surface area contributed by atoms with Crippen molar-refractivity contribution in [3.05, 3.63) is 71.0 Å². The number of ether oxygens (including phenoxy) is 2. The van der Waals surface area contributed by atoms with Gasteiger partial charge in [0.1, 0.15) is 5.82 Å². The average molecular weight is 344 g/mol. The first-order chi connectivity index (χ1) is 12.1. The van der Waals surface area contributed by atoms with Crippen LogP contribution in [0.4, 0.5) is 4.39 Å². The zero-order valence-electron chi connectivity index (χ0n) is 14.2. The van der Waals surface area contributed by atoms with Crippen LogP contribution in [0.25, 0.3) is 0 Å². The Morgan fingerprint density at radius 2 is 1.44 bits per heavy atom. The molecule has 2 rings (SSSR count). The van der Waals surface area contributed by atoms with E-state index in [9.17, 15) is 14.0 Å². The molecule has 0 aliphatic carbocycles. The van der Waals surface area contributed by atoms with E-state index in [1.54, 1.807) is 30.3 Å². The predicted molar refractivity (Wildman–Crippen MR) is 92.0 cm³/mol. The third-order valence-corrected chi connectivity index (χ3v) is 3.66. The van der Waals surface area contributed by atoms with Gasteiger partial charge in [-0.2, -0.15) is 0 Å². The van der Waals surface area contributed by atoms with Crippen LogP contribution in [0.5, 0.6) is 0 Å². The maximum absolute atomic E-state index is 13.6. The quantitative estimate of drug-likeness (QED) is 0.532. The van der Waals surface area contributed by atoms with Crippen molar-refractivity contribution in [2.75, 3.05) is 13.2 Å². The lowest BCUT2D eigenvalue weighted by Gasteiger charge is -2.10. The van der Waals surface area contributed by atoms with E-state index < -0.39 is 11.9 Å². The standard InChI is InChI=1S/C20H21FO4/c1-2-3-13-24-19(22)16-9-5-6-10-17(16)20(23)25-14-12-15-8-4-7-11-18(15)21/h4-11H,2-3,12-14H2,1H3. The highest BCUT2D eigenvalue weighted by molar-refractivity contribution is 6.03. The van der Waals surface area contributed by atoms with Crippen LogP contribution in [-0.4, -0.2) is 25.2 Å². The molecule has 2 aromatic carbocycles. The van der Waals surface area contributed by atoms with Crippen molar-refractivity contribution in [2.45, 2.75) is 26.2 Å². The zero-order chi connectivity index (χ0) is 18.1. The van der Waals surface area contributed by atoms with E-state index in [0.29, 0.717) is 12.2 Å². The monoisotopic (exact) mass is 344 g/mol. The molecule has 25 heavy (non-hydrogen) atoms. The smallest absolute Gasteiger partial charge is 0.339 e. The molecule has 0 amide bonds. The highest BCUT2D eigenvalue weighted by atomic mass is 19.1. The van der Waals surface area contributed by atoms with E-state index in [1.165, 1.54) is 18.2 Å². The molecular weight excluding hydrogens is 323 g/mol. The topological polar surface area (TPSA) is 52.6 Å². The van der Waals surface area contributed by atoms with Crippen LogP contribution in [0.15, 0.2) is 48.5 Å². The number of halogens is 1. The lowest BCUT2D eigenvalue weighted by Crippen LogP contribution is -2.15. The van der Waals surface area contributed by atoms with Crippen molar-refractivity contribution < 1.29 is 23.5 Å². The first kappa shape index (κ1) is 18.6. The molecule has 0 heterocycles. The molecule has 2 aromatic rings. The maximum atomic E-state index is 13.6. The third-order valence-electron chi connectivity index (χ3n) is 3.66. The number of benzene rings is 2. The normalized spacial score (nSPS) is 10.3. The van der Waals surface area contributed by atoms with Gasteiger partial charge in [0.2, 0.25) is 0 Å². The van der Waals surface area contributed by atoms with Gasteiger partial charge in [-0.15, -0.1) is 0 Å². The molecule has 0 radical (unpaired) electrons. The highest BCUT2D eigenvalue weighted by Crippen LogP contribution is 2.13. The third kappa shape index (κ3) is 5.41. The molecular formula is C20H21FO4. The van der Waals surface area contributed by atoms with E-state index in [4.69, 9.17) is 9.47 Å². The van der Waals surface area contributed by atoms with Crippen molar-refractivity contribution in [1.29, 1.82) is 0 Å². The first-order valence-electron chi connectivity index (χ1n) is 8.30. The number of rotatable bonds is 8. The summed E-state index contributed by atoms with van der Waals surface area (Å²) in [6, 6.07) is 12.7. The summed E-state index contributed by atoms with van der Waals surface area (Å²) in [5.74, 6) is -1.51. The molecule has 0 aliphatic rings. The van der Waals surface area contributed by atoms with Gasteiger partial charge in [0, 0.05) is 6.42 Å². The van der Waals surface area contributed by atoms with Crippen LogP contribution in [0.3, 0.4) is 0 Å². The molecule has 0 bridgehead atoms. The Balaban J connectivity index is 1.97. The van der Waals surface area contributed by atoms with E-state index in [2.05, 4.69) is 0 Å². The fourth-order valence-electron chi connectivity index (χ4n) is 2.26. The van der Waals surface area contributed by atoms with Gasteiger partial charge in [0.05, 0.1) is 24.3 Å². The predicted octanol–water partition coefficient (Wildman–Crippen LogP) is 4.18. The second-order valence-corrected chi connectivity index (χ2v) is 5.51. The minimum atomic E-state index is -0.626. The number of esters is 2. The molecule has 0 fully saturated rings. The van der Waals surface area contributed by atoms with Crippen molar-refractivity contribution in [2.24, 2.45) is 0 Å². The summed E-state index contributed by atoms with van der Waals surface area (Å²) in [6.45, 7) is 2.33. The second-order valence-electron chi connectivity index (χ2n) is 5.51. The molecule has 0 spiro atoms. The Morgan fingerprint density at radius 3 is 2.04 bits per heavy atom. The first-order valence-corrected chi connectivity index (χ1v) is 8.30. The molecule has 0 saturated heterocycles. The number of carbonyl (C=O) groups is 2. The van der Waals surface area contributed by atoms with E-state index >= 15 is 0 Å². The molecule has 132 valence electrons. The summed E-state index contributed by atoms with van der Waals surface area (Å²) in [4.78, 5) is 24.4. The number of hydrogen-bond acceptors (Lipinski definition) is 4. The molecule has 0 aromatic heterocycles. The fourth-order valence-corrected chi connectivity index (χ4v) is 2.26. The van der Waals surface area contributed by atoms with Gasteiger partial charge in [0.15, 0.2) is 0 Å². The van der Waals surface area contributed by atoms with Crippen molar-refractivity contribution >= 4 is 11.9 Å². The van der Waals surface area contributed by atoms with Crippen LogP contribution in [-0.2, 0) is 15.9 Å². The van der Waals surface area contributed by atoms with Gasteiger partial charge >= 0.3 is 11.9 Å². The second kappa shape index (κ2) is 9.57. The largest absolute Gasteiger partial charge is 0.462 e. The SMILES string of the molecule is CCCCOC(=O)c1ccccc1C(=O)OCCc1ccccc1F. The van der Waals surface area contributed by atoms with Gasteiger partial charge in [-0.05, 0) is 30.2 Å². The van der Waals surface area contributed by atoms with Gasteiger partial charge in [0.25, 0.3) is 0 Å². The Bertz CT molecular complexity index is 727. The summed E-state index contributed by atoms with van der Waals surface area (Å²) in [5.41, 5.74) is 0.801. The van der Waals surface area contributed by atoms with Crippen LogP contribution >= 0.6 is 0 Å². The van der Waals surface area contributed by atoms with Gasteiger partial charge in [-0.25, -0.2) is 14.0 Å². The van der Waals surface area contributed by atoms with Crippen LogP contribution < -0.4 is 0 Å². The van der Waals surface area contributed by atoms with Gasteiger partial charge in [-0.1, -0.05) is 43.7 Å². The summed E-state index contributed by atoms with van der Waals surface area (Å²) in [5, 5.41) is 0. The molecule has 4 nitrogen and oxygen atoms in total. The lowest BCUT2D eigenvalue weighted by molar-refractivity contribution is 0.0456. The highest BCUT2D eigenvalue weighted by Gasteiger charge is 2.18. The molecule has 5 heteroatoms. The summed E-state index contributed by atoms with van der Waals surface area (Å²) < 4.78 is 23.9. The molecule has 0 aliphatic heterocycles. The Kier molecular flexibility index (Phi) is 7.14. The fraction of sp³-hybridized carbons (Fsp3) is 0.300. The number of hydrogen-bond donors (Lipinski definition) is 0. The van der Waals surface area contributed by atoms with Gasteiger partial charge < -0.3 is 9.47 Å². The molecule has 0 unspecified atom stereocenters. The average Bonchev–Trinajstić information content (AvgIpc) is 2.63. The minimum Gasteiger partial charge on any atom is -0.462 e. The summed E-state index contributed by atoms with van der Waals surface area (Å²) in [7, 11) is 0. The Labute approximate surface area is 146 Å². The lowest BCUT2D eigenvalue weighted by atomic mass is 10.1. The van der Waals surface area contributed by atoms with Crippen LogP contribution in [0.2, 0.25) is 0 Å². The minimum absolute atomic E-state index is 0.0268. The van der Waals surface area contributed by atoms with E-state index in [0.717, 1.165) is 12.8 Å². The molecule has 0 N–H and O–H groups in total. The van der Waals surface area contributed by atoms with Crippen LogP contribution in [0, 0.1) is 5.82 Å². The zero-order valence-corrected chi connectivity index (χ0v) is 14.2. The van der Waals surface area contributed by atoms with Crippen molar-refractivity contribution in [1.82, 2.24) is 0 Å². The van der Waals surface area contributed by atoms with Crippen LogP contribution in [0.1, 0.15) is 46.0 Å². The van der Waals surface area contributed by atoms with E-state index in [-0.39, 0.29) is 30.0 Å². The Morgan fingerprint density at radius 1 is 0.880 bits per heavy atom. The summed E-state index contributed by atoms with van der Waals surface area (Å²) >= 11 is 0.